The predicted octanol–water partition coefficient (Wildman–Crippen LogP) is 0.424. The third-order valence-electron chi connectivity index (χ3n) is 2.15. The number of rotatable bonds is 3. The smallest absolute Gasteiger partial charge is 0.0760 e. The molecule has 0 bridgehead atoms. The van der Waals surface area contributed by atoms with E-state index in [-0.39, 0.29) is 0 Å². The van der Waals surface area contributed by atoms with Gasteiger partial charge in [-0.1, -0.05) is 0 Å². The number of likely N-dealkylation sites (N-methyl/N-ethyl adjacent to an activating group) is 1. The molecule has 2 unspecified atom stereocenters. The second kappa shape index (κ2) is 4.30. The van der Waals surface area contributed by atoms with Crippen LogP contribution in [0.25, 0.3) is 0 Å². The van der Waals surface area contributed by atoms with Crippen molar-refractivity contribution in [2.75, 3.05) is 33.9 Å². The number of nitrogens with zero attached hydrogens (tertiary/aromatic N) is 1. The Kier molecular flexibility index (Phi) is 3.65. The summed E-state index contributed by atoms with van der Waals surface area (Å²) in [4.78, 5) is 2.24. The molecule has 0 N–H and O–H groups in total. The summed E-state index contributed by atoms with van der Waals surface area (Å²) in [7, 11) is 3.83. The molecule has 1 rings (SSSR count). The van der Waals surface area contributed by atoms with Crippen molar-refractivity contribution >= 4 is 12.9 Å². The molecular formula is C7H15NO2S. The van der Waals surface area contributed by atoms with Gasteiger partial charge in [0.1, 0.15) is 0 Å². The van der Waals surface area contributed by atoms with Crippen LogP contribution in [0.5, 0.6) is 0 Å². The fraction of sp³-hybridized carbons (Fsp3) is 1.00. The van der Waals surface area contributed by atoms with Crippen LogP contribution in [-0.4, -0.2) is 44.9 Å². The van der Waals surface area contributed by atoms with Gasteiger partial charge in [0.15, 0.2) is 0 Å². The highest BCUT2D eigenvalue weighted by Crippen LogP contribution is 2.18. The molecule has 1 saturated heterocycles. The average molecular weight is 177 g/mol. The van der Waals surface area contributed by atoms with Gasteiger partial charge in [0.05, 0.1) is 12.7 Å². The number of hydrogen-bond donors (Lipinski definition) is 1. The van der Waals surface area contributed by atoms with Gasteiger partial charge in [-0.3, -0.25) is 0 Å². The van der Waals surface area contributed by atoms with Crippen molar-refractivity contribution in [2.24, 2.45) is 5.92 Å². The second-order valence-corrected chi connectivity index (χ2v) is 3.31. The molecule has 0 radical (unpaired) electrons. The lowest BCUT2D eigenvalue weighted by atomic mass is 10.1. The summed E-state index contributed by atoms with van der Waals surface area (Å²) in [5, 5.41) is 0. The zero-order valence-electron chi connectivity index (χ0n) is 6.99. The Balaban J connectivity index is 2.37. The Hall–Kier alpha value is 0.230. The normalized spacial score (nSPS) is 33.0. The van der Waals surface area contributed by atoms with Crippen molar-refractivity contribution in [1.82, 2.24) is 4.90 Å². The van der Waals surface area contributed by atoms with E-state index in [1.165, 1.54) is 0 Å². The molecule has 3 nitrogen and oxygen atoms in total. The van der Waals surface area contributed by atoms with Crippen LogP contribution in [0.2, 0.25) is 0 Å². The third-order valence-corrected chi connectivity index (χ3v) is 2.30. The van der Waals surface area contributed by atoms with E-state index >= 15 is 0 Å². The van der Waals surface area contributed by atoms with Crippen molar-refractivity contribution in [3.05, 3.63) is 0 Å². The molecule has 1 aliphatic rings. The van der Waals surface area contributed by atoms with E-state index in [2.05, 4.69) is 24.9 Å². The Labute approximate surface area is 73.3 Å². The van der Waals surface area contributed by atoms with Gasteiger partial charge in [-0.25, -0.2) is 0 Å². The number of likely N-dealkylation sites (tertiary alicyclic amines) is 1. The van der Waals surface area contributed by atoms with E-state index in [0.29, 0.717) is 18.6 Å². The Morgan fingerprint density at radius 2 is 2.27 bits per heavy atom. The van der Waals surface area contributed by atoms with Crippen molar-refractivity contribution in [3.63, 3.8) is 0 Å². The zero-order valence-corrected chi connectivity index (χ0v) is 7.88. The van der Waals surface area contributed by atoms with Crippen LogP contribution in [0, 0.1) is 5.92 Å². The quantitative estimate of drug-likeness (QED) is 0.499. The summed E-state index contributed by atoms with van der Waals surface area (Å²) in [6.45, 7) is 2.71. The van der Waals surface area contributed by atoms with Crippen LogP contribution in [0.4, 0.5) is 0 Å². The maximum atomic E-state index is 5.29. The van der Waals surface area contributed by atoms with Gasteiger partial charge in [-0.2, -0.15) is 0 Å². The largest absolute Gasteiger partial charge is 0.380 e. The van der Waals surface area contributed by atoms with Gasteiger partial charge in [0, 0.05) is 26.1 Å². The maximum Gasteiger partial charge on any atom is 0.0760 e. The van der Waals surface area contributed by atoms with Gasteiger partial charge in [0.2, 0.25) is 0 Å². The van der Waals surface area contributed by atoms with Crippen LogP contribution in [0.1, 0.15) is 0 Å². The molecule has 1 heterocycles. The number of hydrogen-bond acceptors (Lipinski definition) is 4. The standard InChI is InChI=1S/C7H15NO2S/c1-8-3-6(5-10-11)7(4-8)9-2/h6-7,11H,3-5H2,1-2H3. The zero-order chi connectivity index (χ0) is 8.27. The van der Waals surface area contributed by atoms with E-state index in [9.17, 15) is 0 Å². The molecule has 0 aliphatic carbocycles. The van der Waals surface area contributed by atoms with E-state index in [0.717, 1.165) is 13.1 Å². The summed E-state index contributed by atoms with van der Waals surface area (Å²) >= 11 is 3.73. The molecule has 66 valence electrons. The lowest BCUT2D eigenvalue weighted by Crippen LogP contribution is -2.23. The lowest BCUT2D eigenvalue weighted by Gasteiger charge is -2.14. The molecular weight excluding hydrogens is 162 g/mol. The van der Waals surface area contributed by atoms with Crippen LogP contribution >= 0.6 is 12.9 Å². The third kappa shape index (κ3) is 2.33. The highest BCUT2D eigenvalue weighted by Gasteiger charge is 2.30. The van der Waals surface area contributed by atoms with Crippen LogP contribution in [0.15, 0.2) is 0 Å². The van der Waals surface area contributed by atoms with Gasteiger partial charge in [-0.05, 0) is 20.0 Å². The summed E-state index contributed by atoms with van der Waals surface area (Å²) in [6, 6.07) is 0. The van der Waals surface area contributed by atoms with Gasteiger partial charge in [-0.15, -0.1) is 0 Å². The fourth-order valence-corrected chi connectivity index (χ4v) is 1.76. The van der Waals surface area contributed by atoms with Gasteiger partial charge < -0.3 is 13.8 Å². The molecule has 2 atom stereocenters. The molecule has 1 aliphatic heterocycles. The van der Waals surface area contributed by atoms with Gasteiger partial charge >= 0.3 is 0 Å². The maximum absolute atomic E-state index is 5.29. The number of ether oxygens (including phenoxy) is 1. The van der Waals surface area contributed by atoms with Crippen LogP contribution in [0.3, 0.4) is 0 Å². The topological polar surface area (TPSA) is 21.7 Å². The highest BCUT2D eigenvalue weighted by atomic mass is 32.1. The Morgan fingerprint density at radius 1 is 1.55 bits per heavy atom. The molecule has 0 spiro atoms. The summed E-state index contributed by atoms with van der Waals surface area (Å²) in [5.41, 5.74) is 0. The first kappa shape index (κ1) is 9.32. The monoisotopic (exact) mass is 177 g/mol. The van der Waals surface area contributed by atoms with Crippen molar-refractivity contribution in [1.29, 1.82) is 0 Å². The van der Waals surface area contributed by atoms with Crippen molar-refractivity contribution in [2.45, 2.75) is 6.10 Å². The molecule has 0 aromatic carbocycles. The van der Waals surface area contributed by atoms with Crippen LogP contribution < -0.4 is 0 Å². The molecule has 11 heavy (non-hydrogen) atoms. The summed E-state index contributed by atoms with van der Waals surface area (Å²) in [5.74, 6) is 0.475. The van der Waals surface area contributed by atoms with E-state index in [1.807, 2.05) is 0 Å². The first-order valence-electron chi connectivity index (χ1n) is 3.75. The number of thiol groups is 1. The van der Waals surface area contributed by atoms with Crippen molar-refractivity contribution < 1.29 is 8.92 Å². The lowest BCUT2D eigenvalue weighted by molar-refractivity contribution is 0.0650. The minimum absolute atomic E-state index is 0.312. The molecule has 1 fully saturated rings. The van der Waals surface area contributed by atoms with E-state index in [1.54, 1.807) is 7.11 Å². The average Bonchev–Trinajstić information content (AvgIpc) is 2.32. The Morgan fingerprint density at radius 3 is 2.82 bits per heavy atom. The number of methoxy groups -OCH3 is 1. The van der Waals surface area contributed by atoms with Crippen molar-refractivity contribution in [3.8, 4) is 0 Å². The summed E-state index contributed by atoms with van der Waals surface area (Å²) < 4.78 is 10.1. The second-order valence-electron chi connectivity index (χ2n) is 3.05. The molecule has 0 saturated carbocycles. The first-order chi connectivity index (χ1) is 5.27. The molecule has 0 aromatic rings. The van der Waals surface area contributed by atoms with E-state index in [4.69, 9.17) is 8.92 Å². The first-order valence-corrected chi connectivity index (χ1v) is 4.12. The minimum Gasteiger partial charge on any atom is -0.380 e. The predicted molar refractivity (Wildman–Crippen MR) is 46.7 cm³/mol. The molecule has 0 aromatic heterocycles. The summed E-state index contributed by atoms with van der Waals surface area (Å²) in [6.07, 6.45) is 0.312. The van der Waals surface area contributed by atoms with E-state index < -0.39 is 0 Å². The highest BCUT2D eigenvalue weighted by molar-refractivity contribution is 7.75. The van der Waals surface area contributed by atoms with Crippen LogP contribution in [-0.2, 0) is 8.92 Å². The van der Waals surface area contributed by atoms with Gasteiger partial charge in [0.25, 0.3) is 0 Å². The fourth-order valence-electron chi connectivity index (χ4n) is 1.57. The molecule has 0 amide bonds. The Bertz CT molecular complexity index is 123. The minimum atomic E-state index is 0.312. The SMILES string of the molecule is COC1CN(C)CC1COS. The molecule has 4 heteroatoms.